The fourth-order valence-corrected chi connectivity index (χ4v) is 1.62. The molecule has 1 saturated heterocycles. The summed E-state index contributed by atoms with van der Waals surface area (Å²) in [5.41, 5.74) is 1.08. The van der Waals surface area contributed by atoms with E-state index in [2.05, 4.69) is 22.0 Å². The van der Waals surface area contributed by atoms with Gasteiger partial charge in [-0.05, 0) is 12.6 Å². The second-order valence-corrected chi connectivity index (χ2v) is 3.26. The Labute approximate surface area is 77.9 Å². The zero-order valence-corrected chi connectivity index (χ0v) is 7.86. The van der Waals surface area contributed by atoms with Gasteiger partial charge in [-0.2, -0.15) is 5.10 Å². The van der Waals surface area contributed by atoms with Crippen LogP contribution in [0.3, 0.4) is 0 Å². The molecule has 1 aliphatic rings. The van der Waals surface area contributed by atoms with Crippen LogP contribution >= 0.6 is 0 Å². The first-order valence-corrected chi connectivity index (χ1v) is 4.73. The summed E-state index contributed by atoms with van der Waals surface area (Å²) in [7, 11) is 0. The molecule has 1 aromatic rings. The minimum absolute atomic E-state index is 0.177. The molecule has 1 aliphatic heterocycles. The molecular weight excluding hydrogens is 166 g/mol. The van der Waals surface area contributed by atoms with E-state index in [1.165, 1.54) is 0 Å². The molecule has 1 atom stereocenters. The van der Waals surface area contributed by atoms with Gasteiger partial charge in [0, 0.05) is 19.3 Å². The molecule has 72 valence electrons. The van der Waals surface area contributed by atoms with E-state index in [-0.39, 0.29) is 6.10 Å². The van der Waals surface area contributed by atoms with Crippen molar-refractivity contribution in [1.82, 2.24) is 15.1 Å². The number of likely N-dealkylation sites (N-methyl/N-ethyl adjacent to an activating group) is 1. The molecule has 0 saturated carbocycles. The number of aromatic nitrogens is 2. The number of ether oxygens (including phenoxy) is 1. The lowest BCUT2D eigenvalue weighted by atomic mass is 10.2. The number of rotatable bonds is 2. The summed E-state index contributed by atoms with van der Waals surface area (Å²) in [5, 5.41) is 6.87. The summed E-state index contributed by atoms with van der Waals surface area (Å²) >= 11 is 0. The second-order valence-electron chi connectivity index (χ2n) is 3.26. The topological polar surface area (TPSA) is 41.1 Å². The average molecular weight is 181 g/mol. The highest BCUT2D eigenvalue weighted by molar-refractivity contribution is 5.03. The number of nitrogens with zero attached hydrogens (tertiary/aromatic N) is 2. The SMILES string of the molecule is CCN1CCOC(c2ccn[nH]2)C1. The van der Waals surface area contributed by atoms with Gasteiger partial charge in [0.05, 0.1) is 12.3 Å². The number of aromatic amines is 1. The largest absolute Gasteiger partial charge is 0.369 e. The van der Waals surface area contributed by atoms with Crippen LogP contribution in [0.1, 0.15) is 18.7 Å². The van der Waals surface area contributed by atoms with Crippen LogP contribution in [0.25, 0.3) is 0 Å². The first-order valence-electron chi connectivity index (χ1n) is 4.73. The third-order valence-corrected chi connectivity index (χ3v) is 2.47. The lowest BCUT2D eigenvalue weighted by molar-refractivity contribution is -0.0303. The molecule has 4 nitrogen and oxygen atoms in total. The molecule has 1 N–H and O–H groups in total. The molecule has 4 heteroatoms. The zero-order chi connectivity index (χ0) is 9.10. The normalized spacial score (nSPS) is 24.8. The van der Waals surface area contributed by atoms with E-state index in [1.54, 1.807) is 6.20 Å². The first-order chi connectivity index (χ1) is 6.40. The average Bonchev–Trinajstić information content (AvgIpc) is 2.71. The van der Waals surface area contributed by atoms with Gasteiger partial charge in [0.1, 0.15) is 6.10 Å². The van der Waals surface area contributed by atoms with Crippen molar-refractivity contribution in [2.75, 3.05) is 26.2 Å². The Morgan fingerprint density at radius 1 is 1.77 bits per heavy atom. The molecule has 0 spiro atoms. The molecule has 2 heterocycles. The van der Waals surface area contributed by atoms with E-state index in [4.69, 9.17) is 4.74 Å². The quantitative estimate of drug-likeness (QED) is 0.733. The van der Waals surface area contributed by atoms with Crippen LogP contribution in [-0.4, -0.2) is 41.3 Å². The molecule has 0 amide bonds. The molecule has 1 fully saturated rings. The predicted octanol–water partition coefficient (Wildman–Crippen LogP) is 0.803. The summed E-state index contributed by atoms with van der Waals surface area (Å²) in [6.45, 7) is 6.10. The minimum Gasteiger partial charge on any atom is -0.369 e. The van der Waals surface area contributed by atoms with Gasteiger partial charge in [0.15, 0.2) is 0 Å². The maximum Gasteiger partial charge on any atom is 0.112 e. The van der Waals surface area contributed by atoms with Crippen LogP contribution < -0.4 is 0 Å². The van der Waals surface area contributed by atoms with E-state index in [9.17, 15) is 0 Å². The van der Waals surface area contributed by atoms with Gasteiger partial charge in [0.2, 0.25) is 0 Å². The van der Waals surface area contributed by atoms with Crippen LogP contribution in [0, 0.1) is 0 Å². The summed E-state index contributed by atoms with van der Waals surface area (Å²) in [5.74, 6) is 0. The molecule has 1 unspecified atom stereocenters. The minimum atomic E-state index is 0.177. The Bertz CT molecular complexity index is 247. The first kappa shape index (κ1) is 8.72. The second kappa shape index (κ2) is 3.89. The molecule has 0 aliphatic carbocycles. The fourth-order valence-electron chi connectivity index (χ4n) is 1.62. The van der Waals surface area contributed by atoms with Gasteiger partial charge in [-0.15, -0.1) is 0 Å². The highest BCUT2D eigenvalue weighted by Gasteiger charge is 2.21. The van der Waals surface area contributed by atoms with Crippen molar-refractivity contribution in [3.05, 3.63) is 18.0 Å². The third-order valence-electron chi connectivity index (χ3n) is 2.47. The predicted molar refractivity (Wildman–Crippen MR) is 49.4 cm³/mol. The van der Waals surface area contributed by atoms with Gasteiger partial charge in [-0.3, -0.25) is 10.00 Å². The van der Waals surface area contributed by atoms with Gasteiger partial charge in [0.25, 0.3) is 0 Å². The van der Waals surface area contributed by atoms with Gasteiger partial charge in [-0.25, -0.2) is 0 Å². The Morgan fingerprint density at radius 2 is 2.69 bits per heavy atom. The highest BCUT2D eigenvalue weighted by Crippen LogP contribution is 2.19. The van der Waals surface area contributed by atoms with Gasteiger partial charge < -0.3 is 4.74 Å². The Kier molecular flexibility index (Phi) is 2.61. The van der Waals surface area contributed by atoms with Crippen molar-refractivity contribution in [3.63, 3.8) is 0 Å². The van der Waals surface area contributed by atoms with Crippen LogP contribution in [0.4, 0.5) is 0 Å². The molecule has 2 rings (SSSR count). The van der Waals surface area contributed by atoms with Gasteiger partial charge >= 0.3 is 0 Å². The van der Waals surface area contributed by atoms with Crippen molar-refractivity contribution >= 4 is 0 Å². The third kappa shape index (κ3) is 1.89. The van der Waals surface area contributed by atoms with E-state index in [0.717, 1.165) is 31.9 Å². The van der Waals surface area contributed by atoms with E-state index in [0.29, 0.717) is 0 Å². The van der Waals surface area contributed by atoms with Crippen molar-refractivity contribution in [1.29, 1.82) is 0 Å². The lowest BCUT2D eigenvalue weighted by Gasteiger charge is -2.31. The van der Waals surface area contributed by atoms with Crippen molar-refractivity contribution in [3.8, 4) is 0 Å². The summed E-state index contributed by atoms with van der Waals surface area (Å²) < 4.78 is 5.64. The highest BCUT2D eigenvalue weighted by atomic mass is 16.5. The summed E-state index contributed by atoms with van der Waals surface area (Å²) in [6.07, 6.45) is 1.94. The van der Waals surface area contributed by atoms with E-state index >= 15 is 0 Å². The van der Waals surface area contributed by atoms with Crippen molar-refractivity contribution < 1.29 is 4.74 Å². The van der Waals surface area contributed by atoms with Crippen LogP contribution in [-0.2, 0) is 4.74 Å². The molecule has 0 bridgehead atoms. The van der Waals surface area contributed by atoms with Crippen molar-refractivity contribution in [2.24, 2.45) is 0 Å². The maximum absolute atomic E-state index is 5.64. The standard InChI is InChI=1S/C9H15N3O/c1-2-12-5-6-13-9(7-12)8-3-4-10-11-8/h3-4,9H,2,5-7H2,1H3,(H,10,11). The molecule has 0 radical (unpaired) electrons. The molecule has 1 aromatic heterocycles. The number of nitrogens with one attached hydrogen (secondary N) is 1. The number of hydrogen-bond acceptors (Lipinski definition) is 3. The Morgan fingerprint density at radius 3 is 3.38 bits per heavy atom. The van der Waals surface area contributed by atoms with Gasteiger partial charge in [-0.1, -0.05) is 6.92 Å². The van der Waals surface area contributed by atoms with Crippen LogP contribution in [0.15, 0.2) is 12.3 Å². The lowest BCUT2D eigenvalue weighted by Crippen LogP contribution is -2.38. The smallest absolute Gasteiger partial charge is 0.112 e. The van der Waals surface area contributed by atoms with Crippen molar-refractivity contribution in [2.45, 2.75) is 13.0 Å². The number of morpholine rings is 1. The van der Waals surface area contributed by atoms with Crippen LogP contribution in [0.5, 0.6) is 0 Å². The molecular formula is C9H15N3O. The van der Waals surface area contributed by atoms with E-state index in [1.807, 2.05) is 6.07 Å². The Balaban J connectivity index is 2.00. The fraction of sp³-hybridized carbons (Fsp3) is 0.667. The summed E-state index contributed by atoms with van der Waals surface area (Å²) in [4.78, 5) is 2.38. The van der Waals surface area contributed by atoms with E-state index < -0.39 is 0 Å². The molecule has 0 aromatic carbocycles. The number of hydrogen-bond donors (Lipinski definition) is 1. The monoisotopic (exact) mass is 181 g/mol. The molecule has 13 heavy (non-hydrogen) atoms. The number of H-pyrrole nitrogens is 1. The van der Waals surface area contributed by atoms with Crippen LogP contribution in [0.2, 0.25) is 0 Å². The maximum atomic E-state index is 5.64. The Hall–Kier alpha value is -0.870. The summed E-state index contributed by atoms with van der Waals surface area (Å²) in [6, 6.07) is 1.98. The zero-order valence-electron chi connectivity index (χ0n) is 7.86.